The number of amides is 1. The van der Waals surface area contributed by atoms with Gasteiger partial charge in [-0.3, -0.25) is 9.10 Å². The standard InChI is InChI=1S/C25H24N2O4S2/c1-4-27(33(29,30)22-12-10-21(31-3)11-13-22)20-9-14-23-18(15-20)16-24(32-23)25(28)26-19-7-5-17(2)6-8-19/h5-16H,4H2,1-3H3,(H,26,28). The molecule has 0 radical (unpaired) electrons. The largest absolute Gasteiger partial charge is 0.497 e. The Hall–Kier alpha value is -3.36. The summed E-state index contributed by atoms with van der Waals surface area (Å²) in [4.78, 5) is 13.5. The van der Waals surface area contributed by atoms with Gasteiger partial charge in [0.05, 0.1) is 22.6 Å². The molecule has 170 valence electrons. The zero-order valence-corrected chi connectivity index (χ0v) is 20.2. The molecule has 0 aliphatic rings. The number of thiophene rings is 1. The van der Waals surface area contributed by atoms with Crippen molar-refractivity contribution in [2.45, 2.75) is 18.7 Å². The number of benzene rings is 3. The van der Waals surface area contributed by atoms with E-state index in [4.69, 9.17) is 4.74 Å². The summed E-state index contributed by atoms with van der Waals surface area (Å²) in [6, 6.07) is 21.1. The summed E-state index contributed by atoms with van der Waals surface area (Å²) in [5, 5.41) is 3.72. The highest BCUT2D eigenvalue weighted by atomic mass is 32.2. The van der Waals surface area contributed by atoms with Crippen LogP contribution in [-0.4, -0.2) is 28.0 Å². The maximum atomic E-state index is 13.3. The van der Waals surface area contributed by atoms with Gasteiger partial charge in [0, 0.05) is 16.9 Å². The summed E-state index contributed by atoms with van der Waals surface area (Å²) in [5.74, 6) is 0.396. The summed E-state index contributed by atoms with van der Waals surface area (Å²) in [5.41, 5.74) is 2.39. The highest BCUT2D eigenvalue weighted by molar-refractivity contribution is 7.92. The number of ether oxygens (including phenoxy) is 1. The second-order valence-corrected chi connectivity index (χ2v) is 10.4. The van der Waals surface area contributed by atoms with Crippen LogP contribution in [0.1, 0.15) is 22.2 Å². The zero-order chi connectivity index (χ0) is 23.6. The van der Waals surface area contributed by atoms with Crippen molar-refractivity contribution >= 4 is 48.7 Å². The number of hydrogen-bond acceptors (Lipinski definition) is 5. The molecular formula is C25H24N2O4S2. The first-order chi connectivity index (χ1) is 15.8. The summed E-state index contributed by atoms with van der Waals surface area (Å²) in [6.07, 6.45) is 0. The molecule has 33 heavy (non-hydrogen) atoms. The van der Waals surface area contributed by atoms with Crippen LogP contribution in [0, 0.1) is 6.92 Å². The molecule has 0 spiro atoms. The van der Waals surface area contributed by atoms with Gasteiger partial charge >= 0.3 is 0 Å². The first-order valence-corrected chi connectivity index (χ1v) is 12.7. The Bertz CT molecular complexity index is 1390. The van der Waals surface area contributed by atoms with Crippen LogP contribution in [-0.2, 0) is 10.0 Å². The molecule has 1 amide bonds. The predicted molar refractivity (Wildman–Crippen MR) is 134 cm³/mol. The Labute approximate surface area is 197 Å². The van der Waals surface area contributed by atoms with E-state index >= 15 is 0 Å². The van der Waals surface area contributed by atoms with Gasteiger partial charge in [0.1, 0.15) is 5.75 Å². The van der Waals surface area contributed by atoms with E-state index in [1.165, 1.54) is 34.9 Å². The number of sulfonamides is 1. The molecule has 0 atom stereocenters. The summed E-state index contributed by atoms with van der Waals surface area (Å²) >= 11 is 1.37. The SMILES string of the molecule is CCN(c1ccc2sc(C(=O)Nc3ccc(C)cc3)cc2c1)S(=O)(=O)c1ccc(OC)cc1. The Morgan fingerprint density at radius 1 is 1.00 bits per heavy atom. The molecule has 0 saturated heterocycles. The van der Waals surface area contributed by atoms with Gasteiger partial charge in [-0.1, -0.05) is 17.7 Å². The van der Waals surface area contributed by atoms with Crippen LogP contribution in [0.15, 0.2) is 77.7 Å². The third-order valence-corrected chi connectivity index (χ3v) is 8.29. The quantitative estimate of drug-likeness (QED) is 0.369. The number of aryl methyl sites for hydroxylation is 1. The van der Waals surface area contributed by atoms with Crippen LogP contribution in [0.2, 0.25) is 0 Å². The molecular weight excluding hydrogens is 456 g/mol. The maximum Gasteiger partial charge on any atom is 0.265 e. The molecule has 3 aromatic carbocycles. The van der Waals surface area contributed by atoms with Crippen LogP contribution < -0.4 is 14.4 Å². The molecule has 6 nitrogen and oxygen atoms in total. The predicted octanol–water partition coefficient (Wildman–Crippen LogP) is 5.69. The van der Waals surface area contributed by atoms with Crippen LogP contribution >= 0.6 is 11.3 Å². The van der Waals surface area contributed by atoms with Crippen molar-refractivity contribution < 1.29 is 17.9 Å². The molecule has 0 unspecified atom stereocenters. The first-order valence-electron chi connectivity index (χ1n) is 10.4. The third kappa shape index (κ3) is 4.72. The van der Waals surface area contributed by atoms with Crippen LogP contribution in [0.5, 0.6) is 5.75 Å². The van der Waals surface area contributed by atoms with Crippen LogP contribution in [0.3, 0.4) is 0 Å². The molecule has 0 aliphatic carbocycles. The van der Waals surface area contributed by atoms with Gasteiger partial charge < -0.3 is 10.1 Å². The molecule has 1 aromatic heterocycles. The van der Waals surface area contributed by atoms with Crippen molar-refractivity contribution in [3.8, 4) is 5.75 Å². The van der Waals surface area contributed by atoms with E-state index in [0.717, 1.165) is 21.3 Å². The fourth-order valence-corrected chi connectivity index (χ4v) is 5.90. The van der Waals surface area contributed by atoms with E-state index in [1.807, 2.05) is 37.3 Å². The van der Waals surface area contributed by atoms with E-state index in [-0.39, 0.29) is 17.3 Å². The monoisotopic (exact) mass is 480 g/mol. The molecule has 1 heterocycles. The zero-order valence-electron chi connectivity index (χ0n) is 18.5. The van der Waals surface area contributed by atoms with E-state index in [2.05, 4.69) is 5.32 Å². The highest BCUT2D eigenvalue weighted by Crippen LogP contribution is 2.32. The minimum Gasteiger partial charge on any atom is -0.497 e. The van der Waals surface area contributed by atoms with Gasteiger partial charge in [0.2, 0.25) is 0 Å². The van der Waals surface area contributed by atoms with Crippen molar-refractivity contribution in [3.05, 3.63) is 83.2 Å². The van der Waals surface area contributed by atoms with Crippen molar-refractivity contribution in [2.75, 3.05) is 23.3 Å². The highest BCUT2D eigenvalue weighted by Gasteiger charge is 2.24. The van der Waals surface area contributed by atoms with Crippen molar-refractivity contribution in [1.82, 2.24) is 0 Å². The third-order valence-electron chi connectivity index (χ3n) is 5.26. The number of rotatable bonds is 7. The Balaban J connectivity index is 1.62. The molecule has 4 aromatic rings. The molecule has 0 saturated carbocycles. The van der Waals surface area contributed by atoms with Gasteiger partial charge in [0.25, 0.3) is 15.9 Å². The normalized spacial score (nSPS) is 11.4. The molecule has 8 heteroatoms. The summed E-state index contributed by atoms with van der Waals surface area (Å²) < 4.78 is 33.9. The first kappa shape index (κ1) is 22.8. The number of carbonyl (C=O) groups excluding carboxylic acids is 1. The summed E-state index contributed by atoms with van der Waals surface area (Å²) in [7, 11) is -2.21. The van der Waals surface area contributed by atoms with Gasteiger partial charge in [-0.25, -0.2) is 8.42 Å². The fraction of sp³-hybridized carbons (Fsp3) is 0.160. The number of hydrogen-bond donors (Lipinski definition) is 1. The fourth-order valence-electron chi connectivity index (χ4n) is 3.49. The smallest absolute Gasteiger partial charge is 0.265 e. The Kier molecular flexibility index (Phi) is 6.40. The molecule has 4 rings (SSSR count). The van der Waals surface area contributed by atoms with Gasteiger partial charge in [-0.2, -0.15) is 0 Å². The molecule has 0 aliphatic heterocycles. The lowest BCUT2D eigenvalue weighted by Crippen LogP contribution is -2.30. The lowest BCUT2D eigenvalue weighted by Gasteiger charge is -2.23. The van der Waals surface area contributed by atoms with Crippen molar-refractivity contribution in [3.63, 3.8) is 0 Å². The number of anilines is 2. The topological polar surface area (TPSA) is 75.7 Å². The number of fused-ring (bicyclic) bond motifs is 1. The Morgan fingerprint density at radius 2 is 1.70 bits per heavy atom. The minimum atomic E-state index is -3.75. The average Bonchev–Trinajstić information content (AvgIpc) is 3.25. The number of nitrogens with zero attached hydrogens (tertiary/aromatic N) is 1. The van der Waals surface area contributed by atoms with E-state index in [1.54, 1.807) is 37.3 Å². The lowest BCUT2D eigenvalue weighted by atomic mass is 10.2. The number of methoxy groups -OCH3 is 1. The molecule has 0 bridgehead atoms. The second-order valence-electron chi connectivity index (χ2n) is 7.50. The van der Waals surface area contributed by atoms with Crippen molar-refractivity contribution in [1.29, 1.82) is 0 Å². The van der Waals surface area contributed by atoms with Crippen LogP contribution in [0.25, 0.3) is 10.1 Å². The second kappa shape index (κ2) is 9.25. The van der Waals surface area contributed by atoms with Gasteiger partial charge in [-0.05, 0) is 79.9 Å². The Morgan fingerprint density at radius 3 is 2.33 bits per heavy atom. The van der Waals surface area contributed by atoms with Gasteiger partial charge in [0.15, 0.2) is 0 Å². The van der Waals surface area contributed by atoms with E-state index < -0.39 is 10.0 Å². The minimum absolute atomic E-state index is 0.189. The maximum absolute atomic E-state index is 13.3. The number of carbonyl (C=O) groups is 1. The molecule has 0 fully saturated rings. The summed E-state index contributed by atoms with van der Waals surface area (Å²) in [6.45, 7) is 4.05. The number of nitrogens with one attached hydrogen (secondary N) is 1. The van der Waals surface area contributed by atoms with Gasteiger partial charge in [-0.15, -0.1) is 11.3 Å². The van der Waals surface area contributed by atoms with E-state index in [0.29, 0.717) is 16.3 Å². The lowest BCUT2D eigenvalue weighted by molar-refractivity contribution is 0.103. The van der Waals surface area contributed by atoms with Crippen molar-refractivity contribution in [2.24, 2.45) is 0 Å². The van der Waals surface area contributed by atoms with Crippen LogP contribution in [0.4, 0.5) is 11.4 Å². The average molecular weight is 481 g/mol. The molecule has 1 N–H and O–H groups in total. The van der Waals surface area contributed by atoms with E-state index in [9.17, 15) is 13.2 Å².